The van der Waals surface area contributed by atoms with Gasteiger partial charge < -0.3 is 5.32 Å². The molecule has 2 N–H and O–H groups in total. The molecule has 0 spiro atoms. The van der Waals surface area contributed by atoms with Crippen LogP contribution in [0.1, 0.15) is 22.8 Å². The maximum absolute atomic E-state index is 13.6. The Hall–Kier alpha value is -3.00. The third-order valence-electron chi connectivity index (χ3n) is 3.01. The van der Waals surface area contributed by atoms with Gasteiger partial charge >= 0.3 is 0 Å². The average molecular weight is 362 g/mol. The molecule has 0 saturated heterocycles. The van der Waals surface area contributed by atoms with Crippen molar-refractivity contribution >= 4 is 33.6 Å². The van der Waals surface area contributed by atoms with Gasteiger partial charge in [-0.25, -0.2) is 17.5 Å². The van der Waals surface area contributed by atoms with Crippen LogP contribution in [0.4, 0.5) is 10.1 Å². The van der Waals surface area contributed by atoms with Gasteiger partial charge in [0.2, 0.25) is 5.91 Å². The minimum absolute atomic E-state index is 0.109. The molecule has 0 radical (unpaired) electrons. The van der Waals surface area contributed by atoms with E-state index in [0.29, 0.717) is 5.56 Å². The lowest BCUT2D eigenvalue weighted by Crippen LogP contribution is -2.29. The van der Waals surface area contributed by atoms with Crippen molar-refractivity contribution in [2.75, 3.05) is 5.32 Å². The minimum Gasteiger partial charge on any atom is -0.324 e. The Bertz CT molecular complexity index is 925. The molecule has 0 saturated carbocycles. The van der Waals surface area contributed by atoms with Gasteiger partial charge in [0.15, 0.2) is 0 Å². The van der Waals surface area contributed by atoms with Crippen molar-refractivity contribution < 1.29 is 22.4 Å². The van der Waals surface area contributed by atoms with Crippen molar-refractivity contribution in [3.8, 4) is 0 Å². The number of nitrogens with one attached hydrogen (secondary N) is 2. The van der Waals surface area contributed by atoms with E-state index in [1.54, 1.807) is 30.3 Å². The van der Waals surface area contributed by atoms with E-state index in [-0.39, 0.29) is 11.3 Å². The lowest BCUT2D eigenvalue weighted by Gasteiger charge is -2.07. The average Bonchev–Trinajstić information content (AvgIpc) is 2.55. The molecule has 0 fully saturated rings. The number of benzene rings is 2. The molecular formula is C17H15FN2O4S. The highest BCUT2D eigenvalue weighted by atomic mass is 32.2. The minimum atomic E-state index is -4.03. The largest absolute Gasteiger partial charge is 0.324 e. The number of sulfonamides is 1. The van der Waals surface area contributed by atoms with E-state index in [1.165, 1.54) is 13.0 Å². The Morgan fingerprint density at radius 3 is 2.40 bits per heavy atom. The number of halogens is 1. The van der Waals surface area contributed by atoms with Crippen LogP contribution < -0.4 is 10.0 Å². The van der Waals surface area contributed by atoms with E-state index >= 15 is 0 Å². The number of hydrogen-bond donors (Lipinski definition) is 2. The number of anilines is 1. The van der Waals surface area contributed by atoms with E-state index in [4.69, 9.17) is 0 Å². The maximum Gasteiger partial charge on any atom is 0.265 e. The second kappa shape index (κ2) is 7.71. The summed E-state index contributed by atoms with van der Waals surface area (Å²) < 4.78 is 39.3. The summed E-state index contributed by atoms with van der Waals surface area (Å²) in [6.45, 7) is 1.19. The molecule has 2 amide bonds. The molecule has 2 aromatic rings. The Morgan fingerprint density at radius 1 is 1.08 bits per heavy atom. The van der Waals surface area contributed by atoms with Gasteiger partial charge in [0, 0.05) is 12.5 Å². The third kappa shape index (κ3) is 5.54. The Morgan fingerprint density at radius 2 is 1.76 bits per heavy atom. The van der Waals surface area contributed by atoms with Crippen molar-refractivity contribution in [2.45, 2.75) is 6.92 Å². The topological polar surface area (TPSA) is 92.3 Å². The highest BCUT2D eigenvalue weighted by molar-refractivity contribution is 7.93. The summed E-state index contributed by atoms with van der Waals surface area (Å²) in [6.07, 6.45) is 1.34. The van der Waals surface area contributed by atoms with Gasteiger partial charge in [0.05, 0.1) is 11.1 Å². The van der Waals surface area contributed by atoms with Crippen LogP contribution >= 0.6 is 0 Å². The normalized spacial score (nSPS) is 11.3. The van der Waals surface area contributed by atoms with Crippen LogP contribution in [0.2, 0.25) is 0 Å². The number of hydrogen-bond acceptors (Lipinski definition) is 4. The van der Waals surface area contributed by atoms with Crippen LogP contribution in [0.3, 0.4) is 0 Å². The van der Waals surface area contributed by atoms with E-state index in [9.17, 15) is 22.4 Å². The Kier molecular flexibility index (Phi) is 5.66. The first-order valence-corrected chi connectivity index (χ1v) is 8.69. The number of amides is 2. The predicted molar refractivity (Wildman–Crippen MR) is 92.6 cm³/mol. The standard InChI is InChI=1S/C17H15FN2O4S/c1-12(21)19-16-11-14(7-8-15(16)18)17(22)20-25(23,24)10-9-13-5-3-2-4-6-13/h2-11H,1H3,(H,19,21)(H,20,22)/b10-9+. The fraction of sp³-hybridized carbons (Fsp3) is 0.0588. The quantitative estimate of drug-likeness (QED) is 0.855. The zero-order valence-electron chi connectivity index (χ0n) is 13.2. The molecular weight excluding hydrogens is 347 g/mol. The second-order valence-corrected chi connectivity index (χ2v) is 6.63. The summed E-state index contributed by atoms with van der Waals surface area (Å²) in [5.74, 6) is -2.20. The summed E-state index contributed by atoms with van der Waals surface area (Å²) in [6, 6.07) is 11.8. The van der Waals surface area contributed by atoms with Crippen molar-refractivity contribution in [1.82, 2.24) is 4.72 Å². The molecule has 130 valence electrons. The molecule has 0 atom stereocenters. The SMILES string of the molecule is CC(=O)Nc1cc(C(=O)NS(=O)(=O)/C=C/c2ccccc2)ccc1F. The highest BCUT2D eigenvalue weighted by Gasteiger charge is 2.15. The first kappa shape index (κ1) is 18.3. The van der Waals surface area contributed by atoms with Gasteiger partial charge in [-0.3, -0.25) is 9.59 Å². The van der Waals surface area contributed by atoms with Crippen LogP contribution in [0.15, 0.2) is 53.9 Å². The van der Waals surface area contributed by atoms with Crippen LogP contribution in [-0.2, 0) is 14.8 Å². The number of rotatable bonds is 5. The van der Waals surface area contributed by atoms with Gasteiger partial charge in [-0.1, -0.05) is 30.3 Å². The van der Waals surface area contributed by atoms with E-state index in [0.717, 1.165) is 23.6 Å². The van der Waals surface area contributed by atoms with Crippen molar-refractivity contribution in [2.24, 2.45) is 0 Å². The first-order chi connectivity index (χ1) is 11.8. The lowest BCUT2D eigenvalue weighted by molar-refractivity contribution is -0.114. The molecule has 0 bridgehead atoms. The highest BCUT2D eigenvalue weighted by Crippen LogP contribution is 2.16. The monoisotopic (exact) mass is 362 g/mol. The molecule has 0 aliphatic carbocycles. The summed E-state index contributed by atoms with van der Waals surface area (Å²) in [7, 11) is -4.03. The zero-order valence-corrected chi connectivity index (χ0v) is 14.0. The number of carbonyl (C=O) groups excluding carboxylic acids is 2. The van der Waals surface area contributed by atoms with Crippen molar-refractivity contribution in [1.29, 1.82) is 0 Å². The van der Waals surface area contributed by atoms with Gasteiger partial charge in [-0.15, -0.1) is 0 Å². The molecule has 0 aromatic heterocycles. The van der Waals surface area contributed by atoms with Gasteiger partial charge in [0.25, 0.3) is 15.9 Å². The molecule has 2 rings (SSSR count). The first-order valence-electron chi connectivity index (χ1n) is 7.14. The molecule has 2 aromatic carbocycles. The van der Waals surface area contributed by atoms with Crippen LogP contribution in [-0.4, -0.2) is 20.2 Å². The van der Waals surface area contributed by atoms with Crippen molar-refractivity contribution in [3.05, 3.63) is 70.9 Å². The molecule has 0 unspecified atom stereocenters. The molecule has 25 heavy (non-hydrogen) atoms. The molecule has 0 heterocycles. The van der Waals surface area contributed by atoms with Crippen LogP contribution in [0.25, 0.3) is 6.08 Å². The van der Waals surface area contributed by atoms with Gasteiger partial charge in [0.1, 0.15) is 5.82 Å². The Labute approximate surface area is 144 Å². The van der Waals surface area contributed by atoms with Crippen LogP contribution in [0, 0.1) is 5.82 Å². The van der Waals surface area contributed by atoms with Gasteiger partial charge in [-0.2, -0.15) is 0 Å². The molecule has 6 nitrogen and oxygen atoms in total. The smallest absolute Gasteiger partial charge is 0.265 e. The number of carbonyl (C=O) groups is 2. The van der Waals surface area contributed by atoms with Gasteiger partial charge in [-0.05, 0) is 29.8 Å². The fourth-order valence-corrected chi connectivity index (χ4v) is 2.69. The zero-order chi connectivity index (χ0) is 18.4. The van der Waals surface area contributed by atoms with E-state index in [2.05, 4.69) is 5.32 Å². The third-order valence-corrected chi connectivity index (χ3v) is 3.98. The summed E-state index contributed by atoms with van der Waals surface area (Å²) in [5.41, 5.74) is 0.328. The van der Waals surface area contributed by atoms with E-state index in [1.807, 2.05) is 4.72 Å². The van der Waals surface area contributed by atoms with Crippen molar-refractivity contribution in [3.63, 3.8) is 0 Å². The maximum atomic E-state index is 13.6. The lowest BCUT2D eigenvalue weighted by atomic mass is 10.2. The second-order valence-electron chi connectivity index (χ2n) is 5.07. The molecule has 8 heteroatoms. The Balaban J connectivity index is 2.15. The van der Waals surface area contributed by atoms with E-state index < -0.39 is 27.7 Å². The molecule has 0 aliphatic heterocycles. The summed E-state index contributed by atoms with van der Waals surface area (Å²) in [4.78, 5) is 23.1. The predicted octanol–water partition coefficient (Wildman–Crippen LogP) is 2.51. The summed E-state index contributed by atoms with van der Waals surface area (Å²) in [5, 5.41) is 3.08. The fourth-order valence-electron chi connectivity index (χ4n) is 1.91. The summed E-state index contributed by atoms with van der Waals surface area (Å²) >= 11 is 0. The molecule has 0 aliphatic rings. The van der Waals surface area contributed by atoms with Crippen LogP contribution in [0.5, 0.6) is 0 Å².